The number of rotatable bonds is 4. The quantitative estimate of drug-likeness (QED) is 0.845. The van der Waals surface area contributed by atoms with Crippen LogP contribution >= 0.6 is 0 Å². The van der Waals surface area contributed by atoms with Crippen LogP contribution in [0.25, 0.3) is 11.4 Å². The summed E-state index contributed by atoms with van der Waals surface area (Å²) in [5, 5.41) is 4.29. The third-order valence-corrected chi connectivity index (χ3v) is 5.62. The molecular weight excluding hydrogens is 326 g/mol. The van der Waals surface area contributed by atoms with Crippen molar-refractivity contribution in [1.29, 1.82) is 0 Å². The molecule has 1 unspecified atom stereocenters. The van der Waals surface area contributed by atoms with Crippen LogP contribution in [0.2, 0.25) is 0 Å². The summed E-state index contributed by atoms with van der Waals surface area (Å²) >= 11 is 0. The maximum atomic E-state index is 12.1. The molecule has 1 saturated heterocycles. The number of sulfonamides is 1. The predicted octanol–water partition coefficient (Wildman–Crippen LogP) is 2.16. The van der Waals surface area contributed by atoms with Gasteiger partial charge < -0.3 is 0 Å². The highest BCUT2D eigenvalue weighted by Crippen LogP contribution is 2.32. The third kappa shape index (κ3) is 3.34. The van der Waals surface area contributed by atoms with Crippen molar-refractivity contribution in [2.24, 2.45) is 0 Å². The second-order valence-electron chi connectivity index (χ2n) is 6.17. The Bertz CT molecular complexity index is 831. The second kappa shape index (κ2) is 6.60. The average Bonchev–Trinajstić information content (AvgIpc) is 3.02. The minimum Gasteiger partial charge on any atom is -0.264 e. The van der Waals surface area contributed by atoms with E-state index in [9.17, 15) is 8.42 Å². The molecule has 0 amide bonds. The Labute approximate surface area is 142 Å². The molecule has 0 radical (unpaired) electrons. The van der Waals surface area contributed by atoms with Gasteiger partial charge in [0.1, 0.15) is 5.82 Å². The fraction of sp³-hybridized carbons (Fsp3) is 0.562. The predicted molar refractivity (Wildman–Crippen MR) is 91.8 cm³/mol. The van der Waals surface area contributed by atoms with Crippen molar-refractivity contribution in [1.82, 2.24) is 24.1 Å². The van der Waals surface area contributed by atoms with E-state index in [2.05, 4.69) is 10.1 Å². The molecule has 0 bridgehead atoms. The summed E-state index contributed by atoms with van der Waals surface area (Å²) in [6.07, 6.45) is 5.62. The van der Waals surface area contributed by atoms with Crippen molar-refractivity contribution >= 4 is 10.0 Å². The lowest BCUT2D eigenvalue weighted by atomic mass is 10.0. The highest BCUT2D eigenvalue weighted by Gasteiger charge is 2.32. The molecule has 0 saturated carbocycles. The van der Waals surface area contributed by atoms with E-state index in [0.29, 0.717) is 12.4 Å². The Kier molecular flexibility index (Phi) is 4.69. The van der Waals surface area contributed by atoms with E-state index in [1.54, 1.807) is 6.20 Å². The SMILES string of the molecule is CCn1nccc1-c1cc(C)nc(C2CCCCN2S(C)(=O)=O)n1. The Hall–Kier alpha value is -1.80. The number of nitrogens with zero attached hydrogens (tertiary/aromatic N) is 5. The van der Waals surface area contributed by atoms with Gasteiger partial charge in [0.15, 0.2) is 0 Å². The monoisotopic (exact) mass is 349 g/mol. The van der Waals surface area contributed by atoms with Crippen LogP contribution in [0.5, 0.6) is 0 Å². The number of piperidine rings is 1. The van der Waals surface area contributed by atoms with Crippen molar-refractivity contribution < 1.29 is 8.42 Å². The van der Waals surface area contributed by atoms with Gasteiger partial charge >= 0.3 is 0 Å². The highest BCUT2D eigenvalue weighted by molar-refractivity contribution is 7.88. The topological polar surface area (TPSA) is 81.0 Å². The minimum absolute atomic E-state index is 0.287. The summed E-state index contributed by atoms with van der Waals surface area (Å²) in [5.74, 6) is 0.582. The zero-order valence-corrected chi connectivity index (χ0v) is 15.1. The van der Waals surface area contributed by atoms with Gasteiger partial charge in [-0.3, -0.25) is 4.68 Å². The normalized spacial score (nSPS) is 19.5. The van der Waals surface area contributed by atoms with Crippen molar-refractivity contribution in [2.45, 2.75) is 45.7 Å². The molecule has 3 heterocycles. The van der Waals surface area contributed by atoms with Gasteiger partial charge in [0, 0.05) is 25.0 Å². The lowest BCUT2D eigenvalue weighted by Gasteiger charge is -2.32. The Morgan fingerprint density at radius 1 is 1.29 bits per heavy atom. The van der Waals surface area contributed by atoms with Gasteiger partial charge in [-0.1, -0.05) is 6.42 Å². The van der Waals surface area contributed by atoms with Crippen LogP contribution in [-0.2, 0) is 16.6 Å². The standard InChI is InChI=1S/C16H23N5O2S/c1-4-20-14(8-9-17-20)13-11-12(2)18-16(19-13)15-7-5-6-10-21(15)24(3,22)23/h8-9,11,15H,4-7,10H2,1-3H3. The molecule has 1 aliphatic heterocycles. The summed E-state index contributed by atoms with van der Waals surface area (Å²) in [7, 11) is -3.28. The second-order valence-corrected chi connectivity index (χ2v) is 8.11. The van der Waals surface area contributed by atoms with E-state index in [0.717, 1.165) is 42.9 Å². The van der Waals surface area contributed by atoms with E-state index >= 15 is 0 Å². The number of hydrogen-bond acceptors (Lipinski definition) is 5. The number of aromatic nitrogens is 4. The Balaban J connectivity index is 2.05. The molecular formula is C16H23N5O2S. The fourth-order valence-corrected chi connectivity index (χ4v) is 4.36. The first-order valence-corrected chi connectivity index (χ1v) is 10.1. The van der Waals surface area contributed by atoms with Gasteiger partial charge in [-0.2, -0.15) is 9.40 Å². The van der Waals surface area contributed by atoms with Crippen LogP contribution in [0.15, 0.2) is 18.3 Å². The van der Waals surface area contributed by atoms with Crippen molar-refractivity contribution in [3.8, 4) is 11.4 Å². The first kappa shape index (κ1) is 17.0. The molecule has 1 aliphatic rings. The maximum absolute atomic E-state index is 12.1. The van der Waals surface area contributed by atoms with Crippen LogP contribution < -0.4 is 0 Å². The van der Waals surface area contributed by atoms with Crippen LogP contribution in [0, 0.1) is 6.92 Å². The van der Waals surface area contributed by atoms with Crippen molar-refractivity contribution in [3.63, 3.8) is 0 Å². The summed E-state index contributed by atoms with van der Waals surface area (Å²) in [4.78, 5) is 9.23. The summed E-state index contributed by atoms with van der Waals surface area (Å²) < 4.78 is 27.7. The lowest BCUT2D eigenvalue weighted by Crippen LogP contribution is -2.38. The first-order chi connectivity index (χ1) is 11.4. The summed E-state index contributed by atoms with van der Waals surface area (Å²) in [5.41, 5.74) is 2.54. The fourth-order valence-electron chi connectivity index (χ4n) is 3.23. The molecule has 1 atom stereocenters. The molecule has 2 aromatic heterocycles. The van der Waals surface area contributed by atoms with E-state index in [-0.39, 0.29) is 6.04 Å². The smallest absolute Gasteiger partial charge is 0.211 e. The summed E-state index contributed by atoms with van der Waals surface area (Å²) in [6.45, 7) is 5.22. The van der Waals surface area contributed by atoms with Crippen LogP contribution in [0.1, 0.15) is 43.7 Å². The Morgan fingerprint density at radius 2 is 2.08 bits per heavy atom. The zero-order chi connectivity index (χ0) is 17.3. The zero-order valence-electron chi connectivity index (χ0n) is 14.3. The molecule has 1 fully saturated rings. The molecule has 2 aromatic rings. The van der Waals surface area contributed by atoms with Crippen LogP contribution in [-0.4, -0.2) is 45.3 Å². The van der Waals surface area contributed by atoms with Gasteiger partial charge in [-0.15, -0.1) is 0 Å². The molecule has 7 nitrogen and oxygen atoms in total. The van der Waals surface area contributed by atoms with E-state index in [1.165, 1.54) is 10.6 Å². The molecule has 130 valence electrons. The molecule has 0 spiro atoms. The number of hydrogen-bond donors (Lipinski definition) is 0. The highest BCUT2D eigenvalue weighted by atomic mass is 32.2. The summed E-state index contributed by atoms with van der Waals surface area (Å²) in [6, 6.07) is 3.55. The van der Waals surface area contributed by atoms with Gasteiger partial charge in [0.05, 0.1) is 23.7 Å². The van der Waals surface area contributed by atoms with E-state index < -0.39 is 10.0 Å². The molecule has 0 N–H and O–H groups in total. The lowest BCUT2D eigenvalue weighted by molar-refractivity contribution is 0.248. The van der Waals surface area contributed by atoms with Crippen molar-refractivity contribution in [2.75, 3.05) is 12.8 Å². The van der Waals surface area contributed by atoms with Gasteiger partial charge in [-0.25, -0.2) is 18.4 Å². The van der Waals surface area contributed by atoms with Crippen LogP contribution in [0.4, 0.5) is 0 Å². The maximum Gasteiger partial charge on any atom is 0.211 e. The van der Waals surface area contributed by atoms with E-state index in [1.807, 2.05) is 30.7 Å². The first-order valence-electron chi connectivity index (χ1n) is 8.24. The van der Waals surface area contributed by atoms with Gasteiger partial charge in [0.25, 0.3) is 0 Å². The molecule has 0 aliphatic carbocycles. The largest absolute Gasteiger partial charge is 0.264 e. The van der Waals surface area contributed by atoms with Gasteiger partial charge in [-0.05, 0) is 38.8 Å². The van der Waals surface area contributed by atoms with E-state index in [4.69, 9.17) is 4.98 Å². The molecule has 8 heteroatoms. The average molecular weight is 349 g/mol. The Morgan fingerprint density at radius 3 is 2.79 bits per heavy atom. The molecule has 24 heavy (non-hydrogen) atoms. The van der Waals surface area contributed by atoms with Gasteiger partial charge in [0.2, 0.25) is 10.0 Å². The van der Waals surface area contributed by atoms with Crippen molar-refractivity contribution in [3.05, 3.63) is 29.8 Å². The molecule has 3 rings (SSSR count). The minimum atomic E-state index is -3.28. The van der Waals surface area contributed by atoms with Crippen LogP contribution in [0.3, 0.4) is 0 Å². The molecule has 0 aromatic carbocycles. The number of aryl methyl sites for hydroxylation is 2. The third-order valence-electron chi connectivity index (χ3n) is 4.33.